The lowest BCUT2D eigenvalue weighted by atomic mass is 10.1. The van der Waals surface area contributed by atoms with E-state index < -0.39 is 0 Å². The van der Waals surface area contributed by atoms with Gasteiger partial charge in [0.2, 0.25) is 0 Å². The molecule has 1 fully saturated rings. The van der Waals surface area contributed by atoms with Gasteiger partial charge in [0.25, 0.3) is 0 Å². The molecule has 5 heteroatoms. The number of hydrogen-bond acceptors (Lipinski definition) is 5. The zero-order valence-electron chi connectivity index (χ0n) is 15.8. The van der Waals surface area contributed by atoms with Crippen molar-refractivity contribution in [3.8, 4) is 5.75 Å². The molecule has 1 aliphatic rings. The van der Waals surface area contributed by atoms with Gasteiger partial charge in [0.15, 0.2) is 0 Å². The van der Waals surface area contributed by atoms with Gasteiger partial charge in [0.1, 0.15) is 5.75 Å². The van der Waals surface area contributed by atoms with Gasteiger partial charge in [-0.25, -0.2) is 4.99 Å². The number of rotatable bonds is 8. The first-order valence-electron chi connectivity index (χ1n) is 9.27. The summed E-state index contributed by atoms with van der Waals surface area (Å²) in [4.78, 5) is 16.5. The second-order valence-corrected chi connectivity index (χ2v) is 7.46. The summed E-state index contributed by atoms with van der Waals surface area (Å²) in [6.45, 7) is 2.64. The Morgan fingerprint density at radius 3 is 2.44 bits per heavy atom. The van der Waals surface area contributed by atoms with Crippen LogP contribution in [-0.2, 0) is 21.7 Å². The van der Waals surface area contributed by atoms with Crippen molar-refractivity contribution in [2.75, 3.05) is 13.7 Å². The van der Waals surface area contributed by atoms with Crippen molar-refractivity contribution in [3.05, 3.63) is 59.7 Å². The molecule has 0 radical (unpaired) electrons. The summed E-state index contributed by atoms with van der Waals surface area (Å²) in [5.41, 5.74) is 3.14. The molecule has 27 heavy (non-hydrogen) atoms. The molecule has 1 aliphatic carbocycles. The van der Waals surface area contributed by atoms with Crippen LogP contribution in [0.25, 0.3) is 0 Å². The molecule has 0 saturated heterocycles. The topological polar surface area (TPSA) is 47.9 Å². The molecule has 0 aromatic heterocycles. The lowest BCUT2D eigenvalue weighted by Crippen LogP contribution is -2.07. The second-order valence-electron chi connectivity index (χ2n) is 6.46. The molecule has 0 amide bonds. The Morgan fingerprint density at radius 1 is 1.11 bits per heavy atom. The summed E-state index contributed by atoms with van der Waals surface area (Å²) in [5, 5.41) is 1.17. The van der Waals surface area contributed by atoms with Crippen LogP contribution in [0.2, 0.25) is 0 Å². The summed E-state index contributed by atoms with van der Waals surface area (Å²) in [5.74, 6) is 2.03. The minimum absolute atomic E-state index is 0.210. The summed E-state index contributed by atoms with van der Waals surface area (Å²) < 4.78 is 10.3. The van der Waals surface area contributed by atoms with Crippen molar-refractivity contribution in [2.24, 2.45) is 10.9 Å². The van der Waals surface area contributed by atoms with E-state index >= 15 is 0 Å². The van der Waals surface area contributed by atoms with E-state index in [4.69, 9.17) is 14.5 Å². The predicted octanol–water partition coefficient (Wildman–Crippen LogP) is 5.17. The highest BCUT2D eigenvalue weighted by Gasteiger charge is 2.28. The molecule has 4 nitrogen and oxygen atoms in total. The van der Waals surface area contributed by atoms with Crippen molar-refractivity contribution in [2.45, 2.75) is 31.9 Å². The van der Waals surface area contributed by atoms with Crippen LogP contribution < -0.4 is 4.74 Å². The van der Waals surface area contributed by atoms with Crippen LogP contribution >= 0.6 is 11.8 Å². The van der Waals surface area contributed by atoms with Crippen LogP contribution in [0.1, 0.15) is 30.9 Å². The van der Waals surface area contributed by atoms with Gasteiger partial charge < -0.3 is 9.47 Å². The Balaban J connectivity index is 1.70. The molecule has 0 heterocycles. The third kappa shape index (κ3) is 5.86. The SMILES string of the molecule is CCOc1ccc(N=C(SCc2ccccc2CC(=O)OC)C2CC2)cc1. The third-order valence-electron chi connectivity index (χ3n) is 4.37. The number of benzene rings is 2. The maximum atomic E-state index is 11.6. The van der Waals surface area contributed by atoms with E-state index in [2.05, 4.69) is 6.07 Å². The van der Waals surface area contributed by atoms with Gasteiger partial charge in [-0.15, -0.1) is 11.8 Å². The molecule has 0 atom stereocenters. The molecule has 0 aliphatic heterocycles. The largest absolute Gasteiger partial charge is 0.494 e. The minimum atomic E-state index is -0.210. The quantitative estimate of drug-likeness (QED) is 0.358. The van der Waals surface area contributed by atoms with Crippen molar-refractivity contribution >= 4 is 28.5 Å². The number of nitrogens with zero attached hydrogens (tertiary/aromatic N) is 1. The van der Waals surface area contributed by atoms with Crippen LogP contribution in [-0.4, -0.2) is 24.7 Å². The minimum Gasteiger partial charge on any atom is -0.494 e. The molecular weight excluding hydrogens is 358 g/mol. The zero-order chi connectivity index (χ0) is 19.1. The van der Waals surface area contributed by atoms with E-state index in [0.29, 0.717) is 18.9 Å². The van der Waals surface area contributed by atoms with Gasteiger partial charge in [-0.2, -0.15) is 0 Å². The van der Waals surface area contributed by atoms with Crippen molar-refractivity contribution in [1.29, 1.82) is 0 Å². The highest BCUT2D eigenvalue weighted by Crippen LogP contribution is 2.38. The fourth-order valence-corrected chi connectivity index (χ4v) is 3.96. The monoisotopic (exact) mass is 383 g/mol. The number of thioether (sulfide) groups is 1. The standard InChI is InChI=1S/C22H25NO3S/c1-3-26-20-12-10-19(11-13-20)23-22(16-8-9-16)27-15-18-7-5-4-6-17(18)14-21(24)25-2/h4-7,10-13,16H,3,8-9,14-15H2,1-2H3. The van der Waals surface area contributed by atoms with Crippen LogP contribution in [0.15, 0.2) is 53.5 Å². The Hall–Kier alpha value is -2.27. The van der Waals surface area contributed by atoms with Crippen LogP contribution in [0.5, 0.6) is 5.75 Å². The summed E-state index contributed by atoms with van der Waals surface area (Å²) >= 11 is 1.77. The zero-order valence-corrected chi connectivity index (χ0v) is 16.6. The second kappa shape index (κ2) is 9.60. The third-order valence-corrected chi connectivity index (χ3v) is 5.55. The first-order valence-corrected chi connectivity index (χ1v) is 10.3. The first-order chi connectivity index (χ1) is 13.2. The highest BCUT2D eigenvalue weighted by atomic mass is 32.2. The Kier molecular flexibility index (Phi) is 6.93. The first kappa shape index (κ1) is 19.5. The number of methoxy groups -OCH3 is 1. The average Bonchev–Trinajstić information content (AvgIpc) is 3.53. The van der Waals surface area contributed by atoms with Crippen molar-refractivity contribution < 1.29 is 14.3 Å². The molecule has 3 rings (SSSR count). The maximum absolute atomic E-state index is 11.6. The molecule has 0 bridgehead atoms. The van der Waals surface area contributed by atoms with Crippen LogP contribution in [0.4, 0.5) is 5.69 Å². The molecule has 2 aromatic rings. The van der Waals surface area contributed by atoms with Crippen LogP contribution in [0.3, 0.4) is 0 Å². The van der Waals surface area contributed by atoms with E-state index in [9.17, 15) is 4.79 Å². The summed E-state index contributed by atoms with van der Waals surface area (Å²) in [6, 6.07) is 16.0. The Bertz CT molecular complexity index is 797. The number of carbonyl (C=O) groups excluding carboxylic acids is 1. The average molecular weight is 384 g/mol. The fraction of sp³-hybridized carbons (Fsp3) is 0.364. The molecular formula is C22H25NO3S. The molecule has 0 spiro atoms. The van der Waals surface area contributed by atoms with Gasteiger partial charge in [0.05, 0.1) is 30.9 Å². The van der Waals surface area contributed by atoms with E-state index in [-0.39, 0.29) is 5.97 Å². The number of hydrogen-bond donors (Lipinski definition) is 0. The molecule has 1 saturated carbocycles. The van der Waals surface area contributed by atoms with Gasteiger partial charge in [-0.3, -0.25) is 4.79 Å². The number of esters is 1. The number of aliphatic imine (C=N–C) groups is 1. The van der Waals surface area contributed by atoms with Gasteiger partial charge in [-0.1, -0.05) is 24.3 Å². The lowest BCUT2D eigenvalue weighted by molar-refractivity contribution is -0.139. The van der Waals surface area contributed by atoms with Crippen molar-refractivity contribution in [3.63, 3.8) is 0 Å². The molecule has 2 aromatic carbocycles. The highest BCUT2D eigenvalue weighted by molar-refractivity contribution is 8.13. The molecule has 142 valence electrons. The van der Waals surface area contributed by atoms with E-state index in [1.54, 1.807) is 11.8 Å². The number of ether oxygens (including phenoxy) is 2. The normalized spacial score (nSPS) is 14.1. The van der Waals surface area contributed by atoms with E-state index in [1.807, 2.05) is 49.4 Å². The van der Waals surface area contributed by atoms with Gasteiger partial charge >= 0.3 is 5.97 Å². The number of carbonyl (C=O) groups is 1. The van der Waals surface area contributed by atoms with Crippen molar-refractivity contribution in [1.82, 2.24) is 0 Å². The maximum Gasteiger partial charge on any atom is 0.309 e. The molecule has 0 N–H and O–H groups in total. The smallest absolute Gasteiger partial charge is 0.309 e. The van der Waals surface area contributed by atoms with E-state index in [1.165, 1.54) is 25.0 Å². The van der Waals surface area contributed by atoms with Crippen LogP contribution in [0, 0.1) is 5.92 Å². The predicted molar refractivity (Wildman–Crippen MR) is 111 cm³/mol. The Morgan fingerprint density at radius 2 is 1.81 bits per heavy atom. The summed E-state index contributed by atoms with van der Waals surface area (Å²) in [7, 11) is 1.42. The van der Waals surface area contributed by atoms with Gasteiger partial charge in [0, 0.05) is 11.7 Å². The van der Waals surface area contributed by atoms with E-state index in [0.717, 1.165) is 28.3 Å². The Labute approximate surface area is 165 Å². The molecule has 0 unspecified atom stereocenters. The lowest BCUT2D eigenvalue weighted by Gasteiger charge is -2.10. The fourth-order valence-electron chi connectivity index (χ4n) is 2.73. The summed E-state index contributed by atoms with van der Waals surface area (Å²) in [6.07, 6.45) is 2.71. The van der Waals surface area contributed by atoms with Gasteiger partial charge in [-0.05, 0) is 55.2 Å².